The Hall–Kier alpha value is -0.430. The van der Waals surface area contributed by atoms with E-state index in [0.717, 1.165) is 36.2 Å². The Morgan fingerprint density at radius 1 is 1.45 bits per heavy atom. The molecule has 114 valence electrons. The zero-order valence-electron chi connectivity index (χ0n) is 12.6. The van der Waals surface area contributed by atoms with Crippen LogP contribution in [0.15, 0.2) is 10.3 Å². The molecule has 0 spiro atoms. The first-order valence-electron chi connectivity index (χ1n) is 7.19. The summed E-state index contributed by atoms with van der Waals surface area (Å²) in [6.07, 6.45) is 2.83. The molecule has 1 saturated heterocycles. The molecular weight excluding hydrogens is 292 g/mol. The lowest BCUT2D eigenvalue weighted by Crippen LogP contribution is -2.39. The molecule has 1 aromatic rings. The van der Waals surface area contributed by atoms with Crippen LogP contribution >= 0.6 is 11.3 Å². The minimum Gasteiger partial charge on any atom is -0.315 e. The molecule has 0 aliphatic carbocycles. The predicted octanol–water partition coefficient (Wildman–Crippen LogP) is 2.73. The Labute approximate surface area is 126 Å². The maximum absolute atomic E-state index is 12.9. The summed E-state index contributed by atoms with van der Waals surface area (Å²) in [5.41, 5.74) is 1.06. The van der Waals surface area contributed by atoms with Gasteiger partial charge in [0, 0.05) is 23.5 Å². The van der Waals surface area contributed by atoms with Crippen LogP contribution in [0.2, 0.25) is 0 Å². The topological polar surface area (TPSA) is 49.4 Å². The van der Waals surface area contributed by atoms with Crippen LogP contribution in [0.25, 0.3) is 0 Å². The van der Waals surface area contributed by atoms with E-state index in [4.69, 9.17) is 0 Å². The highest BCUT2D eigenvalue weighted by atomic mass is 32.2. The molecule has 0 amide bonds. The largest absolute Gasteiger partial charge is 0.315 e. The van der Waals surface area contributed by atoms with Crippen LogP contribution in [0.4, 0.5) is 0 Å². The second-order valence-electron chi connectivity index (χ2n) is 5.53. The normalized spacial score (nSPS) is 24.4. The van der Waals surface area contributed by atoms with Crippen molar-refractivity contribution in [1.82, 2.24) is 9.62 Å². The summed E-state index contributed by atoms with van der Waals surface area (Å²) < 4.78 is 28.0. The van der Waals surface area contributed by atoms with Gasteiger partial charge in [-0.15, -0.1) is 11.3 Å². The van der Waals surface area contributed by atoms with Crippen LogP contribution in [0.3, 0.4) is 0 Å². The average molecular weight is 316 g/mol. The molecule has 0 bridgehead atoms. The lowest BCUT2D eigenvalue weighted by Gasteiger charge is -2.26. The van der Waals surface area contributed by atoms with E-state index in [9.17, 15) is 8.42 Å². The van der Waals surface area contributed by atoms with Crippen LogP contribution in [0.1, 0.15) is 43.6 Å². The van der Waals surface area contributed by atoms with Crippen LogP contribution < -0.4 is 5.32 Å². The van der Waals surface area contributed by atoms with Crippen molar-refractivity contribution in [1.29, 1.82) is 0 Å². The first-order chi connectivity index (χ1) is 9.41. The number of nitrogens with one attached hydrogen (secondary N) is 1. The number of nitrogens with zero attached hydrogens (tertiary/aromatic N) is 1. The molecule has 20 heavy (non-hydrogen) atoms. The van der Waals surface area contributed by atoms with E-state index >= 15 is 0 Å². The Kier molecular flexibility index (Phi) is 4.89. The fraction of sp³-hybridized carbons (Fsp3) is 0.714. The molecule has 2 unspecified atom stereocenters. The number of sulfonamides is 1. The van der Waals surface area contributed by atoms with Crippen LogP contribution in [0, 0.1) is 6.92 Å². The molecule has 1 aromatic heterocycles. The van der Waals surface area contributed by atoms with Gasteiger partial charge in [0.2, 0.25) is 0 Å². The Morgan fingerprint density at radius 2 is 2.15 bits per heavy atom. The van der Waals surface area contributed by atoms with Crippen LogP contribution in [-0.2, 0) is 16.6 Å². The van der Waals surface area contributed by atoms with Gasteiger partial charge in [-0.05, 0) is 51.8 Å². The zero-order chi connectivity index (χ0) is 14.9. The number of rotatable bonds is 5. The summed E-state index contributed by atoms with van der Waals surface area (Å²) in [4.78, 5) is 1.10. The third-order valence-electron chi connectivity index (χ3n) is 4.05. The van der Waals surface area contributed by atoms with Crippen molar-refractivity contribution in [3.63, 3.8) is 0 Å². The fourth-order valence-electron chi connectivity index (χ4n) is 2.92. The second kappa shape index (κ2) is 6.13. The highest BCUT2D eigenvalue weighted by Crippen LogP contribution is 2.36. The molecule has 1 fully saturated rings. The lowest BCUT2D eigenvalue weighted by molar-refractivity contribution is 0.329. The monoisotopic (exact) mass is 316 g/mol. The third-order valence-corrected chi connectivity index (χ3v) is 7.80. The quantitative estimate of drug-likeness (QED) is 0.908. The molecule has 0 aromatic carbocycles. The van der Waals surface area contributed by atoms with E-state index < -0.39 is 10.0 Å². The smallest absolute Gasteiger partial charge is 0.253 e. The molecule has 2 heterocycles. The zero-order valence-corrected chi connectivity index (χ0v) is 14.3. The van der Waals surface area contributed by atoms with Crippen LogP contribution in [0.5, 0.6) is 0 Å². The summed E-state index contributed by atoms with van der Waals surface area (Å²) in [6.45, 7) is 6.78. The molecule has 4 nitrogen and oxygen atoms in total. The summed E-state index contributed by atoms with van der Waals surface area (Å²) in [6, 6.07) is 2.09. The van der Waals surface area contributed by atoms with Gasteiger partial charge in [0.25, 0.3) is 10.0 Å². The number of hydrogen-bond acceptors (Lipinski definition) is 4. The van der Waals surface area contributed by atoms with E-state index in [0.29, 0.717) is 4.21 Å². The fourth-order valence-corrected chi connectivity index (χ4v) is 6.58. The van der Waals surface area contributed by atoms with Gasteiger partial charge in [-0.1, -0.05) is 6.92 Å². The number of hydrogen-bond donors (Lipinski definition) is 1. The third kappa shape index (κ3) is 2.79. The molecule has 2 atom stereocenters. The lowest BCUT2D eigenvalue weighted by atomic mass is 10.2. The molecule has 2 rings (SSSR count). The van der Waals surface area contributed by atoms with E-state index in [1.165, 1.54) is 11.3 Å². The van der Waals surface area contributed by atoms with Gasteiger partial charge >= 0.3 is 0 Å². The molecule has 1 aliphatic rings. The molecule has 0 saturated carbocycles. The summed E-state index contributed by atoms with van der Waals surface area (Å²) in [7, 11) is -1.47. The van der Waals surface area contributed by atoms with E-state index in [1.807, 2.05) is 27.0 Å². The first-order valence-corrected chi connectivity index (χ1v) is 9.44. The van der Waals surface area contributed by atoms with Gasteiger partial charge in [0.05, 0.1) is 0 Å². The SMILES string of the molecule is CCC1CCC(C)N1S(=O)(=O)c1cc(C)c(CNC)s1. The van der Waals surface area contributed by atoms with E-state index in [1.54, 1.807) is 4.31 Å². The Balaban J connectivity index is 2.37. The van der Waals surface area contributed by atoms with E-state index in [-0.39, 0.29) is 12.1 Å². The molecule has 0 radical (unpaired) electrons. The Bertz CT molecular complexity index is 566. The van der Waals surface area contributed by atoms with Crippen molar-refractivity contribution in [2.45, 2.75) is 62.9 Å². The van der Waals surface area contributed by atoms with Gasteiger partial charge in [-0.3, -0.25) is 0 Å². The minimum atomic E-state index is -3.35. The standard InChI is InChI=1S/C14H24N2O2S2/c1-5-12-7-6-11(3)16(12)20(17,18)14-8-10(2)13(19-14)9-15-4/h8,11-12,15H,5-7,9H2,1-4H3. The molecule has 1 N–H and O–H groups in total. The van der Waals surface area contributed by atoms with Crippen molar-refractivity contribution < 1.29 is 8.42 Å². The highest BCUT2D eigenvalue weighted by Gasteiger charge is 2.39. The van der Waals surface area contributed by atoms with Crippen molar-refractivity contribution >= 4 is 21.4 Å². The van der Waals surface area contributed by atoms with Gasteiger partial charge in [-0.25, -0.2) is 8.42 Å². The molecular formula is C14H24N2O2S2. The van der Waals surface area contributed by atoms with E-state index in [2.05, 4.69) is 12.2 Å². The van der Waals surface area contributed by atoms with Crippen molar-refractivity contribution in [2.24, 2.45) is 0 Å². The average Bonchev–Trinajstić information content (AvgIpc) is 2.94. The highest BCUT2D eigenvalue weighted by molar-refractivity contribution is 7.91. The number of aryl methyl sites for hydroxylation is 1. The second-order valence-corrected chi connectivity index (χ2v) is 8.73. The molecule has 1 aliphatic heterocycles. The summed E-state index contributed by atoms with van der Waals surface area (Å²) in [5.74, 6) is 0. The van der Waals surface area contributed by atoms with Crippen LogP contribution in [-0.4, -0.2) is 31.9 Å². The van der Waals surface area contributed by atoms with Gasteiger partial charge < -0.3 is 5.32 Å². The molecule has 6 heteroatoms. The predicted molar refractivity (Wildman–Crippen MR) is 83.6 cm³/mol. The van der Waals surface area contributed by atoms with Crippen molar-refractivity contribution in [3.05, 3.63) is 16.5 Å². The van der Waals surface area contributed by atoms with Gasteiger partial charge in [0.15, 0.2) is 0 Å². The minimum absolute atomic E-state index is 0.111. The number of thiophene rings is 1. The summed E-state index contributed by atoms with van der Waals surface area (Å²) >= 11 is 1.40. The van der Waals surface area contributed by atoms with Gasteiger partial charge in [0.1, 0.15) is 4.21 Å². The van der Waals surface area contributed by atoms with Crippen molar-refractivity contribution in [2.75, 3.05) is 7.05 Å². The Morgan fingerprint density at radius 3 is 2.75 bits per heavy atom. The maximum Gasteiger partial charge on any atom is 0.253 e. The first kappa shape index (κ1) is 15.9. The maximum atomic E-state index is 12.9. The summed E-state index contributed by atoms with van der Waals surface area (Å²) in [5, 5.41) is 3.09. The van der Waals surface area contributed by atoms with Crippen molar-refractivity contribution in [3.8, 4) is 0 Å². The van der Waals surface area contributed by atoms with Gasteiger partial charge in [-0.2, -0.15) is 4.31 Å².